The van der Waals surface area contributed by atoms with Crippen LogP contribution in [0.5, 0.6) is 0 Å². The summed E-state index contributed by atoms with van der Waals surface area (Å²) in [5.41, 5.74) is 1.10. The highest BCUT2D eigenvalue weighted by Crippen LogP contribution is 2.25. The van der Waals surface area contributed by atoms with E-state index in [1.807, 2.05) is 0 Å². The fourth-order valence-corrected chi connectivity index (χ4v) is 1.19. The molecule has 1 aromatic rings. The predicted molar refractivity (Wildman–Crippen MR) is 38.9 cm³/mol. The average molecular weight is 135 g/mol. The van der Waals surface area contributed by atoms with Crippen LogP contribution in [0, 0.1) is 0 Å². The number of hydrogen-bond donors (Lipinski definition) is 1. The molecule has 1 aliphatic heterocycles. The van der Waals surface area contributed by atoms with Crippen LogP contribution in [0.2, 0.25) is 0 Å². The van der Waals surface area contributed by atoms with E-state index in [-0.39, 0.29) is 0 Å². The van der Waals surface area contributed by atoms with E-state index in [9.17, 15) is 0 Å². The minimum absolute atomic E-state index is 0.517. The molecule has 3 heteroatoms. The number of fused-ring (bicyclic) bond motifs is 1. The van der Waals surface area contributed by atoms with Crippen molar-refractivity contribution in [1.82, 2.24) is 9.97 Å². The molecule has 0 amide bonds. The molecule has 10 heavy (non-hydrogen) atoms. The molecule has 1 unspecified atom stereocenters. The van der Waals surface area contributed by atoms with Crippen molar-refractivity contribution in [3.05, 3.63) is 18.1 Å². The first-order valence-corrected chi connectivity index (χ1v) is 3.42. The molecule has 1 N–H and O–H groups in total. The molecule has 3 nitrogen and oxygen atoms in total. The van der Waals surface area contributed by atoms with Gasteiger partial charge in [-0.1, -0.05) is 6.92 Å². The van der Waals surface area contributed by atoms with Crippen LogP contribution in [0.1, 0.15) is 18.5 Å². The van der Waals surface area contributed by atoms with Crippen LogP contribution in [-0.2, 0) is 0 Å². The molecule has 0 bridgehead atoms. The van der Waals surface area contributed by atoms with Crippen molar-refractivity contribution in [3.8, 4) is 0 Å². The van der Waals surface area contributed by atoms with Crippen LogP contribution in [0.4, 0.5) is 5.82 Å². The Labute approximate surface area is 59.5 Å². The largest absolute Gasteiger partial charge is 0.368 e. The highest BCUT2D eigenvalue weighted by molar-refractivity contribution is 5.46. The van der Waals surface area contributed by atoms with Crippen LogP contribution in [0.15, 0.2) is 12.4 Å². The lowest BCUT2D eigenvalue weighted by molar-refractivity contribution is 0.821. The monoisotopic (exact) mass is 135 g/mol. The summed E-state index contributed by atoms with van der Waals surface area (Å²) < 4.78 is 0. The number of hydrogen-bond acceptors (Lipinski definition) is 3. The lowest BCUT2D eigenvalue weighted by atomic mass is 10.1. The first-order chi connectivity index (χ1) is 4.88. The molecule has 0 aromatic carbocycles. The molecule has 0 saturated heterocycles. The van der Waals surface area contributed by atoms with Crippen molar-refractivity contribution >= 4 is 5.82 Å². The molecule has 0 fully saturated rings. The summed E-state index contributed by atoms with van der Waals surface area (Å²) in [4.78, 5) is 8.35. The van der Waals surface area contributed by atoms with E-state index in [2.05, 4.69) is 22.2 Å². The SMILES string of the molecule is CC1CNc2nccnc21. The Hall–Kier alpha value is -1.12. The van der Waals surface area contributed by atoms with Gasteiger partial charge in [-0.15, -0.1) is 0 Å². The second-order valence-corrected chi connectivity index (χ2v) is 2.57. The lowest BCUT2D eigenvalue weighted by Crippen LogP contribution is -1.96. The number of nitrogens with one attached hydrogen (secondary N) is 1. The molecule has 52 valence electrons. The minimum atomic E-state index is 0.517. The molecule has 0 saturated carbocycles. The van der Waals surface area contributed by atoms with E-state index in [4.69, 9.17) is 0 Å². The molecule has 2 rings (SSSR count). The van der Waals surface area contributed by atoms with Gasteiger partial charge in [-0.3, -0.25) is 4.98 Å². The minimum Gasteiger partial charge on any atom is -0.368 e. The quantitative estimate of drug-likeness (QED) is 0.576. The Balaban J connectivity index is 2.51. The summed E-state index contributed by atoms with van der Waals surface area (Å²) in [6, 6.07) is 0. The fourth-order valence-electron chi connectivity index (χ4n) is 1.19. The van der Waals surface area contributed by atoms with Gasteiger partial charge >= 0.3 is 0 Å². The maximum absolute atomic E-state index is 4.22. The lowest BCUT2D eigenvalue weighted by Gasteiger charge is -1.96. The fraction of sp³-hybridized carbons (Fsp3) is 0.429. The van der Waals surface area contributed by atoms with Gasteiger partial charge in [0.05, 0.1) is 5.69 Å². The van der Waals surface area contributed by atoms with Gasteiger partial charge in [0, 0.05) is 24.9 Å². The predicted octanol–water partition coefficient (Wildman–Crippen LogP) is 1.01. The zero-order valence-electron chi connectivity index (χ0n) is 5.83. The number of nitrogens with zero attached hydrogens (tertiary/aromatic N) is 2. The van der Waals surface area contributed by atoms with E-state index < -0.39 is 0 Å². The van der Waals surface area contributed by atoms with Crippen molar-refractivity contribution < 1.29 is 0 Å². The summed E-state index contributed by atoms with van der Waals surface area (Å²) in [5.74, 6) is 1.47. The number of rotatable bonds is 0. The first kappa shape index (κ1) is 5.65. The van der Waals surface area contributed by atoms with Gasteiger partial charge in [-0.05, 0) is 0 Å². The van der Waals surface area contributed by atoms with Crippen molar-refractivity contribution in [3.63, 3.8) is 0 Å². The van der Waals surface area contributed by atoms with E-state index in [0.717, 1.165) is 18.1 Å². The number of anilines is 1. The van der Waals surface area contributed by atoms with E-state index in [1.54, 1.807) is 12.4 Å². The molecule has 0 radical (unpaired) electrons. The standard InChI is InChI=1S/C7H9N3/c1-5-4-10-7-6(5)8-2-3-9-7/h2-3,5H,4H2,1H3,(H,9,10). The van der Waals surface area contributed by atoms with Gasteiger partial charge in [-0.25, -0.2) is 4.98 Å². The Bertz CT molecular complexity index is 246. The van der Waals surface area contributed by atoms with E-state index in [0.29, 0.717) is 5.92 Å². The normalized spacial score (nSPS) is 21.9. The molecular weight excluding hydrogens is 126 g/mol. The smallest absolute Gasteiger partial charge is 0.148 e. The number of aromatic nitrogens is 2. The van der Waals surface area contributed by atoms with Crippen LogP contribution in [0.3, 0.4) is 0 Å². The average Bonchev–Trinajstić information content (AvgIpc) is 2.34. The molecule has 1 atom stereocenters. The third-order valence-electron chi connectivity index (χ3n) is 1.77. The Kier molecular flexibility index (Phi) is 1.09. The Morgan fingerprint density at radius 2 is 2.30 bits per heavy atom. The van der Waals surface area contributed by atoms with Crippen molar-refractivity contribution in [1.29, 1.82) is 0 Å². The summed E-state index contributed by atoms with van der Waals surface area (Å²) in [5, 5.41) is 3.18. The van der Waals surface area contributed by atoms with Gasteiger partial charge in [0.15, 0.2) is 0 Å². The summed E-state index contributed by atoms with van der Waals surface area (Å²) in [7, 11) is 0. The van der Waals surface area contributed by atoms with E-state index >= 15 is 0 Å². The van der Waals surface area contributed by atoms with Gasteiger partial charge in [0.25, 0.3) is 0 Å². The molecular formula is C7H9N3. The highest BCUT2D eigenvalue weighted by Gasteiger charge is 2.19. The van der Waals surface area contributed by atoms with Gasteiger partial charge in [-0.2, -0.15) is 0 Å². The maximum Gasteiger partial charge on any atom is 0.148 e. The second kappa shape index (κ2) is 1.94. The third-order valence-corrected chi connectivity index (χ3v) is 1.77. The summed E-state index contributed by atoms with van der Waals surface area (Å²) in [6.07, 6.45) is 3.45. The molecule has 0 spiro atoms. The van der Waals surface area contributed by atoms with Crippen molar-refractivity contribution in [2.45, 2.75) is 12.8 Å². The van der Waals surface area contributed by atoms with Crippen LogP contribution in [-0.4, -0.2) is 16.5 Å². The Morgan fingerprint density at radius 3 is 3.10 bits per heavy atom. The third kappa shape index (κ3) is 0.667. The Morgan fingerprint density at radius 1 is 1.50 bits per heavy atom. The van der Waals surface area contributed by atoms with Gasteiger partial charge < -0.3 is 5.32 Å². The molecule has 2 heterocycles. The highest BCUT2D eigenvalue weighted by atomic mass is 15.0. The van der Waals surface area contributed by atoms with Gasteiger partial charge in [0.2, 0.25) is 0 Å². The van der Waals surface area contributed by atoms with Crippen LogP contribution in [0.25, 0.3) is 0 Å². The molecule has 0 aliphatic carbocycles. The second-order valence-electron chi connectivity index (χ2n) is 2.57. The zero-order chi connectivity index (χ0) is 6.97. The summed E-state index contributed by atoms with van der Waals surface area (Å²) in [6.45, 7) is 3.12. The van der Waals surface area contributed by atoms with Crippen molar-refractivity contribution in [2.24, 2.45) is 0 Å². The van der Waals surface area contributed by atoms with Crippen LogP contribution >= 0.6 is 0 Å². The topological polar surface area (TPSA) is 37.8 Å². The zero-order valence-corrected chi connectivity index (χ0v) is 5.83. The molecule has 1 aliphatic rings. The maximum atomic E-state index is 4.22. The first-order valence-electron chi connectivity index (χ1n) is 3.42. The summed E-state index contributed by atoms with van der Waals surface area (Å²) >= 11 is 0. The van der Waals surface area contributed by atoms with Crippen molar-refractivity contribution in [2.75, 3.05) is 11.9 Å². The van der Waals surface area contributed by atoms with Crippen LogP contribution < -0.4 is 5.32 Å². The van der Waals surface area contributed by atoms with E-state index in [1.165, 1.54) is 0 Å². The molecule has 1 aromatic heterocycles. The van der Waals surface area contributed by atoms with Gasteiger partial charge in [0.1, 0.15) is 5.82 Å².